The number of aromatic nitrogens is 2. The summed E-state index contributed by atoms with van der Waals surface area (Å²) in [5, 5.41) is 1.18. The maximum Gasteiger partial charge on any atom is 0.228 e. The smallest absolute Gasteiger partial charge is 0.228 e. The molecule has 0 aliphatic carbocycles. The fourth-order valence-electron chi connectivity index (χ4n) is 1.93. The minimum atomic E-state index is 0.306. The Kier molecular flexibility index (Phi) is 5.08. The summed E-state index contributed by atoms with van der Waals surface area (Å²) in [7, 11) is 0. The molecule has 0 amide bonds. The number of hydrogen-bond donors (Lipinski definition) is 0. The van der Waals surface area contributed by atoms with E-state index in [1.807, 2.05) is 36.9 Å². The molecule has 0 fully saturated rings. The molecule has 2 rings (SSSR count). The van der Waals surface area contributed by atoms with Gasteiger partial charge in [-0.05, 0) is 19.9 Å². The minimum Gasteiger partial charge on any atom is -0.341 e. The van der Waals surface area contributed by atoms with E-state index in [-0.39, 0.29) is 0 Å². The first-order valence-corrected chi connectivity index (χ1v) is 7.44. The zero-order valence-corrected chi connectivity index (χ0v) is 13.5. The first-order valence-electron chi connectivity index (χ1n) is 6.31. The molecule has 1 aromatic heterocycles. The molecule has 2 aromatic rings. The Labute approximate surface area is 133 Å². The lowest BCUT2D eigenvalue weighted by Crippen LogP contribution is -2.24. The van der Waals surface area contributed by atoms with E-state index >= 15 is 0 Å². The largest absolute Gasteiger partial charge is 0.341 e. The van der Waals surface area contributed by atoms with Crippen LogP contribution in [0.2, 0.25) is 15.3 Å². The summed E-state index contributed by atoms with van der Waals surface area (Å²) < 4.78 is 0. The molecule has 0 saturated heterocycles. The number of halogens is 3. The molecule has 0 N–H and O–H groups in total. The van der Waals surface area contributed by atoms with Crippen LogP contribution >= 0.6 is 34.8 Å². The lowest BCUT2D eigenvalue weighted by molar-refractivity contribution is 0.822. The molecule has 1 aromatic carbocycles. The highest BCUT2D eigenvalue weighted by Gasteiger charge is 2.17. The zero-order chi connectivity index (χ0) is 14.7. The predicted octanol–water partition coefficient (Wildman–Crippen LogP) is 4.95. The zero-order valence-electron chi connectivity index (χ0n) is 11.2. The van der Waals surface area contributed by atoms with Crippen molar-refractivity contribution in [3.63, 3.8) is 0 Å². The molecule has 6 heteroatoms. The van der Waals surface area contributed by atoms with Crippen molar-refractivity contribution in [3.05, 3.63) is 39.6 Å². The van der Waals surface area contributed by atoms with Crippen LogP contribution in [0.1, 0.15) is 13.8 Å². The fourth-order valence-corrected chi connectivity index (χ4v) is 2.74. The summed E-state index contributed by atoms with van der Waals surface area (Å²) in [5.41, 5.74) is 1.30. The van der Waals surface area contributed by atoms with Crippen LogP contribution in [0.25, 0.3) is 11.1 Å². The molecule has 0 atom stereocenters. The van der Waals surface area contributed by atoms with Crippen LogP contribution in [0.4, 0.5) is 5.95 Å². The summed E-state index contributed by atoms with van der Waals surface area (Å²) >= 11 is 18.7. The van der Waals surface area contributed by atoms with Gasteiger partial charge in [0.2, 0.25) is 5.95 Å². The van der Waals surface area contributed by atoms with E-state index in [1.165, 1.54) is 0 Å². The van der Waals surface area contributed by atoms with Gasteiger partial charge in [-0.25, -0.2) is 9.97 Å². The van der Waals surface area contributed by atoms with Gasteiger partial charge < -0.3 is 4.90 Å². The molecule has 106 valence electrons. The summed E-state index contributed by atoms with van der Waals surface area (Å²) in [5.74, 6) is 0.529. The van der Waals surface area contributed by atoms with E-state index in [1.54, 1.807) is 6.07 Å². The summed E-state index contributed by atoms with van der Waals surface area (Å²) in [6.07, 6.45) is 0. The summed E-state index contributed by atoms with van der Waals surface area (Å²) in [6, 6.07) is 7.34. The van der Waals surface area contributed by atoms with E-state index < -0.39 is 0 Å². The van der Waals surface area contributed by atoms with Crippen LogP contribution in [0.5, 0.6) is 0 Å². The Morgan fingerprint density at radius 2 is 1.50 bits per heavy atom. The third kappa shape index (κ3) is 3.00. The van der Waals surface area contributed by atoms with Gasteiger partial charge >= 0.3 is 0 Å². The van der Waals surface area contributed by atoms with Gasteiger partial charge in [-0.2, -0.15) is 0 Å². The Morgan fingerprint density at radius 3 is 2.00 bits per heavy atom. The van der Waals surface area contributed by atoms with Crippen molar-refractivity contribution in [2.24, 2.45) is 0 Å². The third-order valence-corrected chi connectivity index (χ3v) is 3.87. The van der Waals surface area contributed by atoms with E-state index in [9.17, 15) is 0 Å². The quantitative estimate of drug-likeness (QED) is 0.743. The normalized spacial score (nSPS) is 10.7. The Balaban J connectivity index is 2.55. The average molecular weight is 331 g/mol. The second-order valence-electron chi connectivity index (χ2n) is 4.13. The Bertz CT molecular complexity index is 589. The molecule has 20 heavy (non-hydrogen) atoms. The topological polar surface area (TPSA) is 29.0 Å². The van der Waals surface area contributed by atoms with Crippen molar-refractivity contribution in [2.75, 3.05) is 18.0 Å². The minimum absolute atomic E-state index is 0.306. The number of nitrogens with zero attached hydrogens (tertiary/aromatic N) is 3. The van der Waals surface area contributed by atoms with Gasteiger partial charge in [-0.1, -0.05) is 53.0 Å². The molecular formula is C14H14Cl3N3. The maximum absolute atomic E-state index is 6.28. The standard InChI is InChI=1S/C14H14Cl3N3/c1-3-20(4-2)14-18-12(16)11(13(17)19-14)9-7-5-6-8-10(9)15/h5-8H,3-4H2,1-2H3. The van der Waals surface area contributed by atoms with Gasteiger partial charge in [0, 0.05) is 23.7 Å². The fraction of sp³-hybridized carbons (Fsp3) is 0.286. The van der Waals surface area contributed by atoms with Crippen molar-refractivity contribution in [1.82, 2.24) is 9.97 Å². The molecular weight excluding hydrogens is 317 g/mol. The molecule has 0 unspecified atom stereocenters. The Morgan fingerprint density at radius 1 is 0.950 bits per heavy atom. The second kappa shape index (κ2) is 6.61. The van der Waals surface area contributed by atoms with Gasteiger partial charge in [0.1, 0.15) is 10.3 Å². The van der Waals surface area contributed by atoms with Crippen LogP contribution in [-0.4, -0.2) is 23.1 Å². The van der Waals surface area contributed by atoms with Crippen molar-refractivity contribution in [2.45, 2.75) is 13.8 Å². The Hall–Kier alpha value is -1.03. The van der Waals surface area contributed by atoms with Gasteiger partial charge in [-0.3, -0.25) is 0 Å². The monoisotopic (exact) mass is 329 g/mol. The number of hydrogen-bond acceptors (Lipinski definition) is 3. The highest BCUT2D eigenvalue weighted by Crippen LogP contribution is 2.37. The van der Waals surface area contributed by atoms with Gasteiger partial charge in [0.25, 0.3) is 0 Å². The van der Waals surface area contributed by atoms with Crippen molar-refractivity contribution in [3.8, 4) is 11.1 Å². The van der Waals surface area contributed by atoms with Gasteiger partial charge in [0.15, 0.2) is 0 Å². The van der Waals surface area contributed by atoms with Crippen molar-refractivity contribution >= 4 is 40.8 Å². The maximum atomic E-state index is 6.28. The highest BCUT2D eigenvalue weighted by molar-refractivity contribution is 6.40. The first kappa shape index (κ1) is 15.4. The molecule has 0 aliphatic heterocycles. The molecule has 0 aliphatic rings. The average Bonchev–Trinajstić information content (AvgIpc) is 2.41. The molecule has 1 heterocycles. The van der Waals surface area contributed by atoms with Crippen LogP contribution < -0.4 is 4.90 Å². The third-order valence-electron chi connectivity index (χ3n) is 3.00. The van der Waals surface area contributed by atoms with E-state index in [2.05, 4.69) is 9.97 Å². The first-order chi connectivity index (χ1) is 9.58. The number of benzene rings is 1. The van der Waals surface area contributed by atoms with Gasteiger partial charge in [-0.15, -0.1) is 0 Å². The second-order valence-corrected chi connectivity index (χ2v) is 5.26. The van der Waals surface area contributed by atoms with Crippen LogP contribution in [0.15, 0.2) is 24.3 Å². The lowest BCUT2D eigenvalue weighted by atomic mass is 10.1. The molecule has 0 saturated carbocycles. The summed E-state index contributed by atoms with van der Waals surface area (Å²) in [4.78, 5) is 10.6. The molecule has 0 bridgehead atoms. The number of rotatable bonds is 4. The van der Waals surface area contributed by atoms with E-state index in [0.717, 1.165) is 18.7 Å². The highest BCUT2D eigenvalue weighted by atomic mass is 35.5. The van der Waals surface area contributed by atoms with Crippen LogP contribution in [0, 0.1) is 0 Å². The number of anilines is 1. The van der Waals surface area contributed by atoms with Crippen molar-refractivity contribution in [1.29, 1.82) is 0 Å². The molecule has 0 radical (unpaired) electrons. The van der Waals surface area contributed by atoms with Crippen LogP contribution in [0.3, 0.4) is 0 Å². The molecule has 0 spiro atoms. The van der Waals surface area contributed by atoms with E-state index in [0.29, 0.717) is 26.8 Å². The predicted molar refractivity (Wildman–Crippen MR) is 86.1 cm³/mol. The SMILES string of the molecule is CCN(CC)c1nc(Cl)c(-c2ccccc2Cl)c(Cl)n1. The van der Waals surface area contributed by atoms with E-state index in [4.69, 9.17) is 34.8 Å². The lowest BCUT2D eigenvalue weighted by Gasteiger charge is -2.19. The summed E-state index contributed by atoms with van der Waals surface area (Å²) in [6.45, 7) is 5.62. The van der Waals surface area contributed by atoms with Gasteiger partial charge in [0.05, 0.1) is 5.56 Å². The van der Waals surface area contributed by atoms with Crippen LogP contribution in [-0.2, 0) is 0 Å². The molecule has 3 nitrogen and oxygen atoms in total. The van der Waals surface area contributed by atoms with Crippen molar-refractivity contribution < 1.29 is 0 Å².